The van der Waals surface area contributed by atoms with Crippen molar-refractivity contribution >= 4 is 11.8 Å². The molecular formula is C21H21N5O2S. The van der Waals surface area contributed by atoms with Gasteiger partial charge in [-0.15, -0.1) is 20.4 Å². The molecule has 0 saturated carbocycles. The summed E-state index contributed by atoms with van der Waals surface area (Å²) in [5, 5.41) is 17.9. The summed E-state index contributed by atoms with van der Waals surface area (Å²) in [6.45, 7) is 1.28. The molecule has 2 heterocycles. The van der Waals surface area contributed by atoms with Crippen molar-refractivity contribution in [2.45, 2.75) is 23.9 Å². The predicted octanol–water partition coefficient (Wildman–Crippen LogP) is 3.86. The molecule has 0 atom stereocenters. The lowest BCUT2D eigenvalue weighted by molar-refractivity contribution is 0.184. The van der Waals surface area contributed by atoms with E-state index in [1.807, 2.05) is 48.5 Å². The zero-order chi connectivity index (χ0) is 19.9. The third-order valence-electron chi connectivity index (χ3n) is 4.33. The van der Waals surface area contributed by atoms with E-state index in [-0.39, 0.29) is 0 Å². The molecule has 0 spiro atoms. The Morgan fingerprint density at radius 1 is 0.931 bits per heavy atom. The number of rotatable bonds is 9. The van der Waals surface area contributed by atoms with Gasteiger partial charge in [0.1, 0.15) is 5.82 Å². The second kappa shape index (κ2) is 9.49. The Kier molecular flexibility index (Phi) is 6.33. The fourth-order valence-electron chi connectivity index (χ4n) is 2.88. The number of hydrogen-bond donors (Lipinski definition) is 0. The quantitative estimate of drug-likeness (QED) is 0.390. The van der Waals surface area contributed by atoms with Crippen LogP contribution in [0.1, 0.15) is 17.3 Å². The number of benzene rings is 2. The fourth-order valence-corrected chi connectivity index (χ4v) is 3.70. The molecule has 2 aromatic carbocycles. The molecule has 148 valence electrons. The molecule has 0 fully saturated rings. The van der Waals surface area contributed by atoms with Gasteiger partial charge in [0, 0.05) is 25.6 Å². The van der Waals surface area contributed by atoms with E-state index in [9.17, 15) is 0 Å². The number of ether oxygens (including phenoxy) is 1. The second-order valence-electron chi connectivity index (χ2n) is 6.36. The molecule has 0 N–H and O–H groups in total. The van der Waals surface area contributed by atoms with Crippen molar-refractivity contribution in [2.24, 2.45) is 0 Å². The number of methoxy groups -OCH3 is 1. The van der Waals surface area contributed by atoms with Crippen molar-refractivity contribution < 1.29 is 9.15 Å². The van der Waals surface area contributed by atoms with Crippen molar-refractivity contribution in [3.8, 4) is 11.5 Å². The molecule has 0 amide bonds. The summed E-state index contributed by atoms with van der Waals surface area (Å²) in [6.07, 6.45) is 0.719. The molecule has 4 aromatic rings. The molecule has 0 bridgehead atoms. The maximum Gasteiger partial charge on any atom is 0.247 e. The molecule has 29 heavy (non-hydrogen) atoms. The molecule has 0 saturated heterocycles. The van der Waals surface area contributed by atoms with Crippen LogP contribution in [0.3, 0.4) is 0 Å². The summed E-state index contributed by atoms with van der Waals surface area (Å²) in [7, 11) is 1.69. The van der Waals surface area contributed by atoms with E-state index in [0.29, 0.717) is 30.7 Å². The van der Waals surface area contributed by atoms with Crippen LogP contribution in [-0.4, -0.2) is 38.7 Å². The third kappa shape index (κ3) is 4.90. The Bertz CT molecular complexity index is 1030. The summed E-state index contributed by atoms with van der Waals surface area (Å²) >= 11 is 1.53. The summed E-state index contributed by atoms with van der Waals surface area (Å²) in [6, 6.07) is 20.0. The van der Waals surface area contributed by atoms with E-state index in [1.54, 1.807) is 7.11 Å². The van der Waals surface area contributed by atoms with E-state index in [0.717, 1.165) is 23.0 Å². The van der Waals surface area contributed by atoms with E-state index < -0.39 is 0 Å². The molecular weight excluding hydrogens is 386 g/mol. The summed E-state index contributed by atoms with van der Waals surface area (Å²) < 4.78 is 13.1. The Hall–Kier alpha value is -2.97. The summed E-state index contributed by atoms with van der Waals surface area (Å²) in [5.41, 5.74) is 2.10. The number of nitrogens with zero attached hydrogens (tertiary/aromatic N) is 5. The van der Waals surface area contributed by atoms with Crippen LogP contribution in [0, 0.1) is 0 Å². The van der Waals surface area contributed by atoms with Crippen molar-refractivity contribution in [1.82, 2.24) is 25.0 Å². The molecule has 7 nitrogen and oxygen atoms in total. The highest BCUT2D eigenvalue weighted by atomic mass is 32.2. The van der Waals surface area contributed by atoms with Gasteiger partial charge in [0.05, 0.1) is 12.4 Å². The van der Waals surface area contributed by atoms with Crippen LogP contribution in [0.5, 0.6) is 0 Å². The number of aromatic nitrogens is 5. The Balaban J connectivity index is 1.47. The van der Waals surface area contributed by atoms with Gasteiger partial charge in [-0.3, -0.25) is 0 Å². The zero-order valence-electron chi connectivity index (χ0n) is 16.1. The van der Waals surface area contributed by atoms with Crippen LogP contribution in [0.25, 0.3) is 11.5 Å². The van der Waals surface area contributed by atoms with Crippen LogP contribution in [0.2, 0.25) is 0 Å². The summed E-state index contributed by atoms with van der Waals surface area (Å²) in [5.74, 6) is 2.51. The lowest BCUT2D eigenvalue weighted by atomic mass is 10.1. The average Bonchev–Trinajstić information content (AvgIpc) is 3.39. The highest BCUT2D eigenvalue weighted by Crippen LogP contribution is 2.24. The van der Waals surface area contributed by atoms with Gasteiger partial charge < -0.3 is 13.7 Å². The minimum absolute atomic E-state index is 0.520. The molecule has 4 rings (SSSR count). The number of hydrogen-bond acceptors (Lipinski definition) is 7. The van der Waals surface area contributed by atoms with Crippen molar-refractivity contribution in [3.05, 3.63) is 77.9 Å². The van der Waals surface area contributed by atoms with Crippen LogP contribution < -0.4 is 0 Å². The van der Waals surface area contributed by atoms with E-state index in [1.165, 1.54) is 17.3 Å². The van der Waals surface area contributed by atoms with Gasteiger partial charge in [0.2, 0.25) is 11.8 Å². The van der Waals surface area contributed by atoms with Gasteiger partial charge in [-0.25, -0.2) is 0 Å². The maximum atomic E-state index is 5.79. The zero-order valence-corrected chi connectivity index (χ0v) is 16.9. The Morgan fingerprint density at radius 2 is 1.69 bits per heavy atom. The second-order valence-corrected chi connectivity index (χ2v) is 7.30. The van der Waals surface area contributed by atoms with Gasteiger partial charge >= 0.3 is 0 Å². The first-order valence-electron chi connectivity index (χ1n) is 9.29. The van der Waals surface area contributed by atoms with Gasteiger partial charge in [-0.2, -0.15) is 0 Å². The van der Waals surface area contributed by atoms with Crippen molar-refractivity contribution in [2.75, 3.05) is 13.7 Å². The minimum atomic E-state index is 0.520. The highest BCUT2D eigenvalue weighted by Gasteiger charge is 2.15. The van der Waals surface area contributed by atoms with Crippen LogP contribution in [0.15, 0.2) is 70.2 Å². The molecule has 0 aliphatic carbocycles. The summed E-state index contributed by atoms with van der Waals surface area (Å²) in [4.78, 5) is 0. The Morgan fingerprint density at radius 3 is 2.45 bits per heavy atom. The standard InChI is InChI=1S/C21H21N5O2S/c1-27-13-12-26-18(14-16-8-4-2-5-9-16)22-25-21(26)29-15-19-23-24-20(28-19)17-10-6-3-7-11-17/h2-11H,12-15H2,1H3. The van der Waals surface area contributed by atoms with Crippen molar-refractivity contribution in [3.63, 3.8) is 0 Å². The maximum absolute atomic E-state index is 5.79. The van der Waals surface area contributed by atoms with E-state index >= 15 is 0 Å². The SMILES string of the molecule is COCCn1c(Cc2ccccc2)nnc1SCc1nnc(-c2ccccc2)o1. The average molecular weight is 407 g/mol. The first-order chi connectivity index (χ1) is 14.3. The van der Waals surface area contributed by atoms with Gasteiger partial charge in [-0.1, -0.05) is 60.3 Å². The van der Waals surface area contributed by atoms with Gasteiger partial charge in [0.15, 0.2) is 5.16 Å². The molecule has 0 unspecified atom stereocenters. The molecule has 0 aliphatic heterocycles. The monoisotopic (exact) mass is 407 g/mol. The largest absolute Gasteiger partial charge is 0.420 e. The van der Waals surface area contributed by atoms with E-state index in [2.05, 4.69) is 37.1 Å². The van der Waals surface area contributed by atoms with E-state index in [4.69, 9.17) is 9.15 Å². The third-order valence-corrected chi connectivity index (χ3v) is 5.28. The lowest BCUT2D eigenvalue weighted by Gasteiger charge is -2.09. The molecule has 2 aromatic heterocycles. The fraction of sp³-hybridized carbons (Fsp3) is 0.238. The smallest absolute Gasteiger partial charge is 0.247 e. The lowest BCUT2D eigenvalue weighted by Crippen LogP contribution is -2.10. The predicted molar refractivity (Wildman–Crippen MR) is 110 cm³/mol. The van der Waals surface area contributed by atoms with Gasteiger partial charge in [-0.05, 0) is 17.7 Å². The number of thioether (sulfide) groups is 1. The Labute approximate surface area is 173 Å². The van der Waals surface area contributed by atoms with Crippen molar-refractivity contribution in [1.29, 1.82) is 0 Å². The topological polar surface area (TPSA) is 78.9 Å². The normalized spacial score (nSPS) is 11.1. The molecule has 8 heteroatoms. The molecule has 0 radical (unpaired) electrons. The minimum Gasteiger partial charge on any atom is -0.420 e. The van der Waals surface area contributed by atoms with Crippen LogP contribution in [-0.2, 0) is 23.5 Å². The van der Waals surface area contributed by atoms with Crippen LogP contribution >= 0.6 is 11.8 Å². The first kappa shape index (κ1) is 19.4. The molecule has 0 aliphatic rings. The van der Waals surface area contributed by atoms with Crippen LogP contribution in [0.4, 0.5) is 0 Å². The highest BCUT2D eigenvalue weighted by molar-refractivity contribution is 7.98. The van der Waals surface area contributed by atoms with Gasteiger partial charge in [0.25, 0.3) is 0 Å². The first-order valence-corrected chi connectivity index (χ1v) is 10.3.